The molecule has 2 rings (SSSR count). The molecule has 0 aromatic carbocycles. The molecule has 2 atom stereocenters. The number of nitrogens with zero attached hydrogens (tertiary/aromatic N) is 2. The summed E-state index contributed by atoms with van der Waals surface area (Å²) >= 11 is 0. The lowest BCUT2D eigenvalue weighted by Crippen LogP contribution is -2.51. The molecule has 0 spiro atoms. The van der Waals surface area contributed by atoms with E-state index in [2.05, 4.69) is 9.55 Å². The number of imidazole rings is 1. The minimum absolute atomic E-state index is 0.0668. The lowest BCUT2D eigenvalue weighted by atomic mass is 9.85. The molecule has 1 aliphatic carbocycles. The van der Waals surface area contributed by atoms with Crippen molar-refractivity contribution in [1.82, 2.24) is 9.55 Å². The second-order valence-corrected chi connectivity index (χ2v) is 5.33. The zero-order chi connectivity index (χ0) is 13.3. The highest BCUT2D eigenvalue weighted by Crippen LogP contribution is 2.36. The van der Waals surface area contributed by atoms with Gasteiger partial charge in [0.25, 0.3) is 0 Å². The number of carboxylic acids is 1. The zero-order valence-corrected chi connectivity index (χ0v) is 11.0. The molecule has 18 heavy (non-hydrogen) atoms. The van der Waals surface area contributed by atoms with Crippen molar-refractivity contribution >= 4 is 5.97 Å². The van der Waals surface area contributed by atoms with Gasteiger partial charge in [-0.25, -0.2) is 4.98 Å². The SMILES string of the molecule is Cc1ncn(CCC2CCCC2(N)C(=O)O)c1C. The standard InChI is InChI=1S/C13H21N3O2/c1-9-10(2)16(8-15-9)7-5-11-4-3-6-13(11,14)12(17)18/h8,11H,3-7,14H2,1-2H3,(H,17,18). The molecule has 0 saturated heterocycles. The van der Waals surface area contributed by atoms with Crippen LogP contribution in [0.2, 0.25) is 0 Å². The first-order valence-corrected chi connectivity index (χ1v) is 6.45. The maximum absolute atomic E-state index is 11.3. The first kappa shape index (κ1) is 13.1. The number of aryl methyl sites for hydroxylation is 2. The normalized spacial score (nSPS) is 27.6. The predicted octanol–water partition coefficient (Wildman–Crippen LogP) is 1.47. The third-order valence-corrected chi connectivity index (χ3v) is 4.33. The van der Waals surface area contributed by atoms with Gasteiger partial charge in [-0.05, 0) is 39.0 Å². The third-order valence-electron chi connectivity index (χ3n) is 4.33. The van der Waals surface area contributed by atoms with Gasteiger partial charge in [-0.1, -0.05) is 6.42 Å². The molecule has 5 nitrogen and oxygen atoms in total. The van der Waals surface area contributed by atoms with Gasteiger partial charge in [-0.15, -0.1) is 0 Å². The van der Waals surface area contributed by atoms with E-state index < -0.39 is 11.5 Å². The van der Waals surface area contributed by atoms with Crippen molar-refractivity contribution in [2.24, 2.45) is 11.7 Å². The molecular weight excluding hydrogens is 230 g/mol. The summed E-state index contributed by atoms with van der Waals surface area (Å²) in [5.41, 5.74) is 7.18. The Balaban J connectivity index is 2.02. The van der Waals surface area contributed by atoms with Crippen molar-refractivity contribution in [2.75, 3.05) is 0 Å². The van der Waals surface area contributed by atoms with E-state index in [1.165, 1.54) is 0 Å². The topological polar surface area (TPSA) is 81.1 Å². The van der Waals surface area contributed by atoms with Crippen molar-refractivity contribution in [2.45, 2.75) is 51.6 Å². The van der Waals surface area contributed by atoms with E-state index in [1.54, 1.807) is 0 Å². The van der Waals surface area contributed by atoms with E-state index in [-0.39, 0.29) is 5.92 Å². The highest BCUT2D eigenvalue weighted by molar-refractivity contribution is 5.79. The van der Waals surface area contributed by atoms with Crippen LogP contribution in [-0.2, 0) is 11.3 Å². The van der Waals surface area contributed by atoms with E-state index in [4.69, 9.17) is 5.73 Å². The molecule has 3 N–H and O–H groups in total. The summed E-state index contributed by atoms with van der Waals surface area (Å²) in [6, 6.07) is 0. The van der Waals surface area contributed by atoms with Crippen molar-refractivity contribution in [3.63, 3.8) is 0 Å². The number of nitrogens with two attached hydrogens (primary N) is 1. The summed E-state index contributed by atoms with van der Waals surface area (Å²) in [4.78, 5) is 15.5. The Morgan fingerprint density at radius 2 is 2.39 bits per heavy atom. The number of rotatable bonds is 4. The molecule has 5 heteroatoms. The molecule has 0 aliphatic heterocycles. The summed E-state index contributed by atoms with van der Waals surface area (Å²) in [5, 5.41) is 9.25. The van der Waals surface area contributed by atoms with Crippen LogP contribution in [0.1, 0.15) is 37.1 Å². The molecule has 1 aromatic heterocycles. The predicted molar refractivity (Wildman–Crippen MR) is 68.2 cm³/mol. The highest BCUT2D eigenvalue weighted by atomic mass is 16.4. The molecular formula is C13H21N3O2. The van der Waals surface area contributed by atoms with Crippen molar-refractivity contribution in [3.8, 4) is 0 Å². The molecule has 1 saturated carbocycles. The van der Waals surface area contributed by atoms with Crippen LogP contribution >= 0.6 is 0 Å². The lowest BCUT2D eigenvalue weighted by molar-refractivity contribution is -0.144. The fourth-order valence-corrected chi connectivity index (χ4v) is 2.85. The Kier molecular flexibility index (Phi) is 3.43. The third kappa shape index (κ3) is 2.14. The summed E-state index contributed by atoms with van der Waals surface area (Å²) < 4.78 is 2.08. The van der Waals surface area contributed by atoms with E-state index >= 15 is 0 Å². The molecule has 1 aromatic rings. The van der Waals surface area contributed by atoms with E-state index in [0.29, 0.717) is 6.42 Å². The molecule has 0 bridgehead atoms. The second kappa shape index (κ2) is 4.72. The number of hydrogen-bond donors (Lipinski definition) is 2. The Labute approximate surface area is 107 Å². The molecule has 0 amide bonds. The van der Waals surface area contributed by atoms with Crippen LogP contribution < -0.4 is 5.73 Å². The molecule has 100 valence electrons. The van der Waals surface area contributed by atoms with Gasteiger partial charge in [0, 0.05) is 12.2 Å². The Morgan fingerprint density at radius 1 is 1.67 bits per heavy atom. The number of aliphatic carboxylic acids is 1. The number of carboxylic acid groups (broad SMARTS) is 1. The van der Waals surface area contributed by atoms with Crippen LogP contribution in [0.25, 0.3) is 0 Å². The van der Waals surface area contributed by atoms with Crippen LogP contribution in [0.5, 0.6) is 0 Å². The van der Waals surface area contributed by atoms with Crippen molar-refractivity contribution < 1.29 is 9.90 Å². The van der Waals surface area contributed by atoms with Gasteiger partial charge in [-0.3, -0.25) is 4.79 Å². The highest BCUT2D eigenvalue weighted by Gasteiger charge is 2.45. The van der Waals surface area contributed by atoms with Crippen LogP contribution in [0, 0.1) is 19.8 Å². The molecule has 1 aliphatic rings. The van der Waals surface area contributed by atoms with Crippen LogP contribution in [0.4, 0.5) is 0 Å². The number of aromatic nitrogens is 2. The first-order chi connectivity index (χ1) is 8.45. The molecule has 1 fully saturated rings. The number of hydrogen-bond acceptors (Lipinski definition) is 3. The fraction of sp³-hybridized carbons (Fsp3) is 0.692. The van der Waals surface area contributed by atoms with Gasteiger partial charge in [-0.2, -0.15) is 0 Å². The maximum Gasteiger partial charge on any atom is 0.323 e. The smallest absolute Gasteiger partial charge is 0.323 e. The average molecular weight is 251 g/mol. The Bertz CT molecular complexity index is 455. The average Bonchev–Trinajstić information content (AvgIpc) is 2.84. The van der Waals surface area contributed by atoms with Gasteiger partial charge >= 0.3 is 5.97 Å². The quantitative estimate of drug-likeness (QED) is 0.849. The van der Waals surface area contributed by atoms with Gasteiger partial charge < -0.3 is 15.4 Å². The lowest BCUT2D eigenvalue weighted by Gasteiger charge is -2.27. The van der Waals surface area contributed by atoms with Gasteiger partial charge in [0.15, 0.2) is 0 Å². The van der Waals surface area contributed by atoms with E-state index in [0.717, 1.165) is 37.2 Å². The Morgan fingerprint density at radius 3 is 2.94 bits per heavy atom. The summed E-state index contributed by atoms with van der Waals surface area (Å²) in [7, 11) is 0. The zero-order valence-electron chi connectivity index (χ0n) is 11.0. The van der Waals surface area contributed by atoms with Gasteiger partial charge in [0.2, 0.25) is 0 Å². The first-order valence-electron chi connectivity index (χ1n) is 6.45. The summed E-state index contributed by atoms with van der Waals surface area (Å²) in [6.07, 6.45) is 5.04. The summed E-state index contributed by atoms with van der Waals surface area (Å²) in [5.74, 6) is -0.791. The van der Waals surface area contributed by atoms with E-state index in [1.807, 2.05) is 20.2 Å². The monoisotopic (exact) mass is 251 g/mol. The minimum Gasteiger partial charge on any atom is -0.480 e. The van der Waals surface area contributed by atoms with Gasteiger partial charge in [0.1, 0.15) is 5.54 Å². The van der Waals surface area contributed by atoms with E-state index in [9.17, 15) is 9.90 Å². The minimum atomic E-state index is -1.02. The maximum atomic E-state index is 11.3. The molecule has 1 heterocycles. The summed E-state index contributed by atoms with van der Waals surface area (Å²) in [6.45, 7) is 4.80. The van der Waals surface area contributed by atoms with Crippen molar-refractivity contribution in [1.29, 1.82) is 0 Å². The second-order valence-electron chi connectivity index (χ2n) is 5.33. The molecule has 2 unspecified atom stereocenters. The van der Waals surface area contributed by atoms with Crippen molar-refractivity contribution in [3.05, 3.63) is 17.7 Å². The molecule has 0 radical (unpaired) electrons. The Hall–Kier alpha value is -1.36. The van der Waals surface area contributed by atoms with Crippen LogP contribution in [-0.4, -0.2) is 26.2 Å². The fourth-order valence-electron chi connectivity index (χ4n) is 2.85. The number of carbonyl (C=O) groups is 1. The largest absolute Gasteiger partial charge is 0.480 e. The van der Waals surface area contributed by atoms with Crippen LogP contribution in [0.3, 0.4) is 0 Å². The van der Waals surface area contributed by atoms with Gasteiger partial charge in [0.05, 0.1) is 12.0 Å². The van der Waals surface area contributed by atoms with Crippen LogP contribution in [0.15, 0.2) is 6.33 Å².